The number of methoxy groups -OCH3 is 1. The van der Waals surface area contributed by atoms with Gasteiger partial charge in [-0.1, -0.05) is 13.0 Å². The molecule has 3 atom stereocenters. The highest BCUT2D eigenvalue weighted by Crippen LogP contribution is 2.29. The van der Waals surface area contributed by atoms with E-state index in [1.54, 1.807) is 7.11 Å². The van der Waals surface area contributed by atoms with Crippen molar-refractivity contribution in [1.29, 1.82) is 0 Å². The number of aromatic nitrogens is 1. The van der Waals surface area contributed by atoms with Crippen LogP contribution in [0.2, 0.25) is 0 Å². The maximum atomic E-state index is 6.34. The molecule has 1 aromatic rings. The highest BCUT2D eigenvalue weighted by molar-refractivity contribution is 5.12. The Balaban J connectivity index is 2.11. The van der Waals surface area contributed by atoms with E-state index in [1.807, 2.05) is 18.3 Å². The smallest absolute Gasteiger partial charge is 0.0673 e. The van der Waals surface area contributed by atoms with Gasteiger partial charge in [-0.25, -0.2) is 0 Å². The van der Waals surface area contributed by atoms with Crippen molar-refractivity contribution < 1.29 is 4.74 Å². The Bertz CT molecular complexity index is 371. The Labute approximate surface area is 116 Å². The zero-order chi connectivity index (χ0) is 13.7. The molecule has 0 saturated carbocycles. The molecule has 0 spiro atoms. The summed E-state index contributed by atoms with van der Waals surface area (Å²) in [6.45, 7) is 5.13. The summed E-state index contributed by atoms with van der Waals surface area (Å²) in [6, 6.07) is 6.45. The SMILES string of the molecule is CCC(N)C(c1ccccn1)N1CCC(COC)C1. The lowest BCUT2D eigenvalue weighted by molar-refractivity contribution is 0.141. The molecule has 1 aliphatic rings. The van der Waals surface area contributed by atoms with Crippen LogP contribution in [0.5, 0.6) is 0 Å². The third kappa shape index (κ3) is 3.53. The number of hydrogen-bond acceptors (Lipinski definition) is 4. The lowest BCUT2D eigenvalue weighted by atomic mass is 10.0. The standard InChI is InChI=1S/C15H25N3O/c1-3-13(16)15(14-6-4-5-8-17-14)18-9-7-12(10-18)11-19-2/h4-6,8,12-13,15H,3,7,9-11,16H2,1-2H3. The van der Waals surface area contributed by atoms with E-state index in [0.717, 1.165) is 31.8 Å². The van der Waals surface area contributed by atoms with Crippen LogP contribution in [0.1, 0.15) is 31.5 Å². The fourth-order valence-electron chi connectivity index (χ4n) is 2.94. The van der Waals surface area contributed by atoms with E-state index in [9.17, 15) is 0 Å². The minimum absolute atomic E-state index is 0.135. The predicted octanol–water partition coefficient (Wildman–Crippen LogP) is 1.83. The first-order chi connectivity index (χ1) is 9.26. The fourth-order valence-corrected chi connectivity index (χ4v) is 2.94. The molecular weight excluding hydrogens is 238 g/mol. The summed E-state index contributed by atoms with van der Waals surface area (Å²) in [4.78, 5) is 6.98. The lowest BCUT2D eigenvalue weighted by Crippen LogP contribution is -2.40. The van der Waals surface area contributed by atoms with E-state index in [2.05, 4.69) is 22.9 Å². The third-order valence-corrected chi connectivity index (χ3v) is 3.98. The largest absolute Gasteiger partial charge is 0.384 e. The van der Waals surface area contributed by atoms with Crippen LogP contribution in [-0.4, -0.2) is 42.7 Å². The van der Waals surface area contributed by atoms with E-state index in [4.69, 9.17) is 10.5 Å². The molecule has 2 N–H and O–H groups in total. The molecule has 1 saturated heterocycles. The summed E-state index contributed by atoms with van der Waals surface area (Å²) in [7, 11) is 1.77. The average molecular weight is 263 g/mol. The normalized spacial score (nSPS) is 23.4. The van der Waals surface area contributed by atoms with Crippen LogP contribution >= 0.6 is 0 Å². The molecule has 1 aromatic heterocycles. The lowest BCUT2D eigenvalue weighted by Gasteiger charge is -2.31. The van der Waals surface area contributed by atoms with Crippen molar-refractivity contribution in [3.63, 3.8) is 0 Å². The first-order valence-corrected chi connectivity index (χ1v) is 7.15. The minimum Gasteiger partial charge on any atom is -0.384 e. The first-order valence-electron chi connectivity index (χ1n) is 7.15. The van der Waals surface area contributed by atoms with E-state index in [0.29, 0.717) is 5.92 Å². The molecule has 0 aliphatic carbocycles. The average Bonchev–Trinajstić information content (AvgIpc) is 2.89. The molecule has 0 amide bonds. The van der Waals surface area contributed by atoms with Crippen LogP contribution in [0, 0.1) is 5.92 Å². The number of hydrogen-bond donors (Lipinski definition) is 1. The molecule has 4 heteroatoms. The number of pyridine rings is 1. The second kappa shape index (κ2) is 6.98. The molecule has 0 radical (unpaired) electrons. The Morgan fingerprint density at radius 1 is 1.53 bits per heavy atom. The van der Waals surface area contributed by atoms with Gasteiger partial charge in [0.25, 0.3) is 0 Å². The van der Waals surface area contributed by atoms with Crippen LogP contribution in [0.3, 0.4) is 0 Å². The van der Waals surface area contributed by atoms with Gasteiger partial charge < -0.3 is 10.5 Å². The van der Waals surface area contributed by atoms with Crippen LogP contribution in [0.25, 0.3) is 0 Å². The zero-order valence-corrected chi connectivity index (χ0v) is 12.0. The van der Waals surface area contributed by atoms with Crippen molar-refractivity contribution >= 4 is 0 Å². The van der Waals surface area contributed by atoms with E-state index in [1.165, 1.54) is 6.42 Å². The summed E-state index contributed by atoms with van der Waals surface area (Å²) in [5.74, 6) is 0.625. The van der Waals surface area contributed by atoms with Crippen LogP contribution in [-0.2, 0) is 4.74 Å². The number of rotatable bonds is 6. The van der Waals surface area contributed by atoms with Crippen molar-refractivity contribution in [3.05, 3.63) is 30.1 Å². The molecule has 0 aromatic carbocycles. The van der Waals surface area contributed by atoms with E-state index >= 15 is 0 Å². The maximum Gasteiger partial charge on any atom is 0.0673 e. The molecule has 1 fully saturated rings. The monoisotopic (exact) mass is 263 g/mol. The Morgan fingerprint density at radius 2 is 2.37 bits per heavy atom. The topological polar surface area (TPSA) is 51.4 Å². The fraction of sp³-hybridized carbons (Fsp3) is 0.667. The van der Waals surface area contributed by atoms with Gasteiger partial charge in [0.2, 0.25) is 0 Å². The van der Waals surface area contributed by atoms with Gasteiger partial charge >= 0.3 is 0 Å². The van der Waals surface area contributed by atoms with E-state index < -0.39 is 0 Å². The molecule has 19 heavy (non-hydrogen) atoms. The Hall–Kier alpha value is -0.970. The summed E-state index contributed by atoms with van der Waals surface area (Å²) in [5, 5.41) is 0. The maximum absolute atomic E-state index is 6.34. The molecule has 2 rings (SSSR count). The number of nitrogens with two attached hydrogens (primary N) is 1. The highest BCUT2D eigenvalue weighted by Gasteiger charge is 2.32. The second-order valence-electron chi connectivity index (χ2n) is 5.38. The minimum atomic E-state index is 0.135. The molecule has 0 bridgehead atoms. The molecule has 3 unspecified atom stereocenters. The van der Waals surface area contributed by atoms with Crippen LogP contribution in [0.4, 0.5) is 0 Å². The van der Waals surface area contributed by atoms with Gasteiger partial charge in [0.1, 0.15) is 0 Å². The molecule has 2 heterocycles. The van der Waals surface area contributed by atoms with E-state index in [-0.39, 0.29) is 12.1 Å². The predicted molar refractivity (Wildman–Crippen MR) is 76.8 cm³/mol. The second-order valence-corrected chi connectivity index (χ2v) is 5.38. The Morgan fingerprint density at radius 3 is 3.00 bits per heavy atom. The first kappa shape index (κ1) is 14.4. The number of likely N-dealkylation sites (tertiary alicyclic amines) is 1. The van der Waals surface area contributed by atoms with Gasteiger partial charge in [0.15, 0.2) is 0 Å². The number of nitrogens with zero attached hydrogens (tertiary/aromatic N) is 2. The number of ether oxygens (including phenoxy) is 1. The summed E-state index contributed by atoms with van der Waals surface area (Å²) in [6.07, 6.45) is 4.01. The van der Waals surface area contributed by atoms with Gasteiger partial charge in [-0.15, -0.1) is 0 Å². The molecule has 4 nitrogen and oxygen atoms in total. The highest BCUT2D eigenvalue weighted by atomic mass is 16.5. The van der Waals surface area contributed by atoms with Crippen molar-refractivity contribution in [1.82, 2.24) is 9.88 Å². The quantitative estimate of drug-likeness (QED) is 0.850. The zero-order valence-electron chi connectivity index (χ0n) is 12.0. The van der Waals surface area contributed by atoms with Gasteiger partial charge in [-0.3, -0.25) is 9.88 Å². The molecule has 1 aliphatic heterocycles. The van der Waals surface area contributed by atoms with Crippen molar-refractivity contribution in [3.8, 4) is 0 Å². The van der Waals surface area contributed by atoms with Crippen molar-refractivity contribution in [2.45, 2.75) is 31.8 Å². The molecular formula is C15H25N3O. The van der Waals surface area contributed by atoms with Crippen molar-refractivity contribution in [2.24, 2.45) is 11.7 Å². The van der Waals surface area contributed by atoms with Crippen LogP contribution in [0.15, 0.2) is 24.4 Å². The summed E-state index contributed by atoms with van der Waals surface area (Å²) in [5.41, 5.74) is 7.43. The van der Waals surface area contributed by atoms with Gasteiger partial charge in [0.05, 0.1) is 18.3 Å². The summed E-state index contributed by atoms with van der Waals surface area (Å²) >= 11 is 0. The van der Waals surface area contributed by atoms with Crippen LogP contribution < -0.4 is 5.73 Å². The Kier molecular flexibility index (Phi) is 5.31. The van der Waals surface area contributed by atoms with Gasteiger partial charge in [-0.2, -0.15) is 0 Å². The van der Waals surface area contributed by atoms with Crippen molar-refractivity contribution in [2.75, 3.05) is 26.8 Å². The van der Waals surface area contributed by atoms with Gasteiger partial charge in [-0.05, 0) is 37.4 Å². The molecule has 106 valence electrons. The summed E-state index contributed by atoms with van der Waals surface area (Å²) < 4.78 is 5.27. The van der Waals surface area contributed by atoms with Gasteiger partial charge in [0, 0.05) is 25.9 Å². The third-order valence-electron chi connectivity index (χ3n) is 3.98.